The number of amides is 1. The van der Waals surface area contributed by atoms with Gasteiger partial charge in [0, 0.05) is 18.2 Å². The molecule has 1 amide bonds. The van der Waals surface area contributed by atoms with E-state index in [0.29, 0.717) is 40.2 Å². The second-order valence-corrected chi connectivity index (χ2v) is 11.0. The maximum Gasteiger partial charge on any atom is 0.227 e. The van der Waals surface area contributed by atoms with Gasteiger partial charge in [0.15, 0.2) is 0 Å². The van der Waals surface area contributed by atoms with E-state index in [1.165, 1.54) is 18.5 Å². The number of nitrogens with zero attached hydrogens (tertiary/aromatic N) is 2. The minimum absolute atomic E-state index is 0.0226. The third-order valence-electron chi connectivity index (χ3n) is 6.67. The second-order valence-electron chi connectivity index (χ2n) is 8.94. The molecule has 0 radical (unpaired) electrons. The number of carbonyl (C=O) groups is 1. The Bertz CT molecular complexity index is 1360. The Hall–Kier alpha value is -3.30. The van der Waals surface area contributed by atoms with Crippen LogP contribution in [0.3, 0.4) is 0 Å². The lowest BCUT2D eigenvalue weighted by Crippen LogP contribution is -2.37. The van der Waals surface area contributed by atoms with Crippen molar-refractivity contribution in [1.29, 1.82) is 0 Å². The molecule has 9 heteroatoms. The van der Waals surface area contributed by atoms with Crippen molar-refractivity contribution in [2.24, 2.45) is 5.41 Å². The molecular weight excluding hydrogens is 453 g/mol. The first-order chi connectivity index (χ1) is 16.3. The summed E-state index contributed by atoms with van der Waals surface area (Å²) in [5, 5.41) is 2.97. The van der Waals surface area contributed by atoms with Crippen LogP contribution in [0.4, 0.5) is 10.2 Å². The SMILES string of the molecule is C=S(=O)(NC1C[C@]12CCCCNC2=O)c1ccccc1-c1ccc(-c2cnc(N)cn2)c(F)c1. The van der Waals surface area contributed by atoms with Crippen molar-refractivity contribution in [3.63, 3.8) is 0 Å². The van der Waals surface area contributed by atoms with Gasteiger partial charge >= 0.3 is 0 Å². The lowest BCUT2D eigenvalue weighted by molar-refractivity contribution is -0.126. The summed E-state index contributed by atoms with van der Waals surface area (Å²) in [5.74, 6) is 3.79. The number of rotatable bonds is 5. The molecule has 2 aromatic carbocycles. The van der Waals surface area contributed by atoms with Crippen LogP contribution in [0, 0.1) is 11.2 Å². The van der Waals surface area contributed by atoms with E-state index >= 15 is 4.39 Å². The van der Waals surface area contributed by atoms with Crippen LogP contribution in [0.1, 0.15) is 25.7 Å². The Labute approximate surface area is 198 Å². The molecule has 34 heavy (non-hydrogen) atoms. The van der Waals surface area contributed by atoms with Crippen molar-refractivity contribution in [3.05, 3.63) is 60.7 Å². The van der Waals surface area contributed by atoms with Crippen LogP contribution in [0.5, 0.6) is 0 Å². The maximum atomic E-state index is 15.0. The molecule has 1 aliphatic heterocycles. The summed E-state index contributed by atoms with van der Waals surface area (Å²) in [5.41, 5.74) is 6.90. The van der Waals surface area contributed by atoms with Gasteiger partial charge in [0.05, 0.1) is 38.1 Å². The number of halogens is 1. The van der Waals surface area contributed by atoms with Gasteiger partial charge in [0.25, 0.3) is 0 Å². The predicted octanol–water partition coefficient (Wildman–Crippen LogP) is 3.17. The molecule has 1 saturated carbocycles. The van der Waals surface area contributed by atoms with E-state index < -0.39 is 20.9 Å². The summed E-state index contributed by atoms with van der Waals surface area (Å²) in [7, 11) is -2.96. The highest BCUT2D eigenvalue weighted by atomic mass is 32.2. The standard InChI is InChI=1S/C25H26FN5O2S/c1-34(33,31-22-13-25(22)10-4-5-11-28-24(25)32)21-7-3-2-6-17(21)16-8-9-18(19(26)12-16)20-14-30-23(27)15-29-20/h2-3,6-9,12,14-15,22H,1,4-5,10-11,13H2,(H2,27,30)(H,28,32)(H,31,33)/t22?,25-,34?/m1/s1. The van der Waals surface area contributed by atoms with Gasteiger partial charge in [-0.25, -0.2) is 18.3 Å². The summed E-state index contributed by atoms with van der Waals surface area (Å²) in [6, 6.07) is 11.7. The Morgan fingerprint density at radius 3 is 2.74 bits per heavy atom. The van der Waals surface area contributed by atoms with Crippen LogP contribution >= 0.6 is 0 Å². The molecule has 2 fully saturated rings. The Balaban J connectivity index is 1.44. The fraction of sp³-hybridized carbons (Fsp3) is 0.280. The molecule has 2 heterocycles. The van der Waals surface area contributed by atoms with Gasteiger partial charge < -0.3 is 11.1 Å². The van der Waals surface area contributed by atoms with Crippen molar-refractivity contribution in [2.45, 2.75) is 36.6 Å². The quantitative estimate of drug-likeness (QED) is 0.487. The van der Waals surface area contributed by atoms with Gasteiger partial charge in [-0.2, -0.15) is 0 Å². The number of nitrogen functional groups attached to an aromatic ring is 1. The zero-order valence-corrected chi connectivity index (χ0v) is 19.4. The largest absolute Gasteiger partial charge is 0.382 e. The highest BCUT2D eigenvalue weighted by Crippen LogP contribution is 2.51. The van der Waals surface area contributed by atoms with Crippen molar-refractivity contribution in [1.82, 2.24) is 20.0 Å². The monoisotopic (exact) mass is 479 g/mol. The van der Waals surface area contributed by atoms with Crippen LogP contribution in [0.15, 0.2) is 59.8 Å². The Morgan fingerprint density at radius 2 is 1.97 bits per heavy atom. The van der Waals surface area contributed by atoms with E-state index in [1.807, 2.05) is 6.07 Å². The van der Waals surface area contributed by atoms with E-state index in [1.54, 1.807) is 30.3 Å². The topological polar surface area (TPSA) is 110 Å². The van der Waals surface area contributed by atoms with E-state index in [-0.39, 0.29) is 17.8 Å². The number of hydrogen-bond donors (Lipinski definition) is 3. The molecule has 1 spiro atoms. The zero-order chi connectivity index (χ0) is 23.9. The van der Waals surface area contributed by atoms with Crippen molar-refractivity contribution in [2.75, 3.05) is 12.3 Å². The molecule has 1 aliphatic carbocycles. The molecule has 2 aliphatic rings. The summed E-state index contributed by atoms with van der Waals surface area (Å²) in [4.78, 5) is 21.2. The van der Waals surface area contributed by atoms with E-state index in [0.717, 1.165) is 19.3 Å². The number of benzene rings is 2. The molecule has 176 valence electrons. The number of nitrogens with one attached hydrogen (secondary N) is 2. The lowest BCUT2D eigenvalue weighted by atomic mass is 9.99. The molecule has 0 bridgehead atoms. The summed E-state index contributed by atoms with van der Waals surface area (Å²) < 4.78 is 32.0. The van der Waals surface area contributed by atoms with Gasteiger partial charge in [-0.3, -0.25) is 9.78 Å². The number of carbonyl (C=O) groups excluding carboxylic acids is 1. The molecule has 5 rings (SSSR count). The maximum absolute atomic E-state index is 15.0. The van der Waals surface area contributed by atoms with E-state index in [2.05, 4.69) is 25.9 Å². The minimum Gasteiger partial charge on any atom is -0.382 e. The average molecular weight is 480 g/mol. The fourth-order valence-corrected chi connectivity index (χ4v) is 6.43. The molecule has 3 atom stereocenters. The van der Waals surface area contributed by atoms with Crippen LogP contribution < -0.4 is 15.8 Å². The molecule has 1 saturated heterocycles. The molecule has 4 N–H and O–H groups in total. The smallest absolute Gasteiger partial charge is 0.227 e. The van der Waals surface area contributed by atoms with Crippen LogP contribution in [-0.2, 0) is 14.5 Å². The lowest BCUT2D eigenvalue weighted by Gasteiger charge is -2.19. The fourth-order valence-electron chi connectivity index (χ4n) is 4.70. The number of hydrogen-bond acceptors (Lipinski definition) is 5. The van der Waals surface area contributed by atoms with Gasteiger partial charge in [-0.05, 0) is 54.5 Å². The third-order valence-corrected chi connectivity index (χ3v) is 8.40. The van der Waals surface area contributed by atoms with Crippen LogP contribution in [0.2, 0.25) is 0 Å². The van der Waals surface area contributed by atoms with Gasteiger partial charge in [0.2, 0.25) is 5.91 Å². The Kier molecular flexibility index (Phi) is 5.61. The molecule has 2 unspecified atom stereocenters. The van der Waals surface area contributed by atoms with Crippen LogP contribution in [-0.4, -0.2) is 38.5 Å². The van der Waals surface area contributed by atoms with Crippen molar-refractivity contribution >= 4 is 27.3 Å². The molecule has 1 aromatic heterocycles. The highest BCUT2D eigenvalue weighted by molar-refractivity contribution is 7.98. The minimum atomic E-state index is -2.96. The first-order valence-corrected chi connectivity index (χ1v) is 12.9. The van der Waals surface area contributed by atoms with Crippen LogP contribution in [0.25, 0.3) is 22.4 Å². The number of aromatic nitrogens is 2. The normalized spacial score (nSPS) is 23.7. The number of anilines is 1. The Morgan fingerprint density at radius 1 is 1.15 bits per heavy atom. The van der Waals surface area contributed by atoms with Gasteiger partial charge in [-0.15, -0.1) is 0 Å². The predicted molar refractivity (Wildman–Crippen MR) is 132 cm³/mol. The summed E-state index contributed by atoms with van der Waals surface area (Å²) >= 11 is 0. The van der Waals surface area contributed by atoms with E-state index in [9.17, 15) is 9.00 Å². The van der Waals surface area contributed by atoms with E-state index in [4.69, 9.17) is 5.73 Å². The molecule has 7 nitrogen and oxygen atoms in total. The van der Waals surface area contributed by atoms with Crippen molar-refractivity contribution in [3.8, 4) is 22.4 Å². The summed E-state index contributed by atoms with van der Waals surface area (Å²) in [6.07, 6.45) is 6.11. The van der Waals surface area contributed by atoms with Crippen molar-refractivity contribution < 1.29 is 13.4 Å². The average Bonchev–Trinajstić information content (AvgIpc) is 3.55. The molecular formula is C25H26FN5O2S. The second kappa shape index (κ2) is 8.48. The molecule has 3 aromatic rings. The highest BCUT2D eigenvalue weighted by Gasteiger charge is 2.60. The number of nitrogens with two attached hydrogens (primary N) is 1. The summed E-state index contributed by atoms with van der Waals surface area (Å²) in [6.45, 7) is 0.680. The first-order valence-electron chi connectivity index (χ1n) is 11.2. The van der Waals surface area contributed by atoms with Gasteiger partial charge in [-0.1, -0.05) is 30.7 Å². The third kappa shape index (κ3) is 4.05. The zero-order valence-electron chi connectivity index (χ0n) is 18.6. The van der Waals surface area contributed by atoms with Gasteiger partial charge in [0.1, 0.15) is 11.6 Å². The first kappa shape index (κ1) is 22.5.